The molecule has 0 fully saturated rings. The van der Waals surface area contributed by atoms with Crippen molar-refractivity contribution in [3.63, 3.8) is 0 Å². The van der Waals surface area contributed by atoms with Gasteiger partial charge in [-0.2, -0.15) is 0 Å². The van der Waals surface area contributed by atoms with Crippen LogP contribution in [0.2, 0.25) is 0 Å². The van der Waals surface area contributed by atoms with E-state index >= 15 is 0 Å². The van der Waals surface area contributed by atoms with Crippen molar-refractivity contribution < 1.29 is 19.1 Å². The maximum atomic E-state index is 13.2. The molecule has 2 rings (SSSR count). The summed E-state index contributed by atoms with van der Waals surface area (Å²) in [5.74, 6) is -0.679. The van der Waals surface area contributed by atoms with Gasteiger partial charge in [-0.1, -0.05) is 99.9 Å². The lowest BCUT2D eigenvalue weighted by Gasteiger charge is -2.42. The van der Waals surface area contributed by atoms with E-state index in [1.165, 1.54) is 11.1 Å². The lowest BCUT2D eigenvalue weighted by molar-refractivity contribution is -0.0866. The molecule has 2 aromatic rings. The summed E-state index contributed by atoms with van der Waals surface area (Å²) < 4.78 is 12.2. The van der Waals surface area contributed by atoms with Gasteiger partial charge in [-0.3, -0.25) is 0 Å². The normalized spacial score (nSPS) is 15.4. The zero-order valence-electron chi connectivity index (χ0n) is 24.7. The summed E-state index contributed by atoms with van der Waals surface area (Å²) in [4.78, 5) is 26.3. The molecule has 0 saturated heterocycles. The number of ether oxygens (including phenoxy) is 2. The molecule has 0 aliphatic rings. The molecular weight excluding hydrogens is 460 g/mol. The molecule has 204 valence electrons. The van der Waals surface area contributed by atoms with E-state index in [1.54, 1.807) is 0 Å². The van der Waals surface area contributed by atoms with Gasteiger partial charge in [0.1, 0.15) is 12.2 Å². The Morgan fingerprint density at radius 3 is 1.19 bits per heavy atom. The van der Waals surface area contributed by atoms with E-state index in [2.05, 4.69) is 55.4 Å². The van der Waals surface area contributed by atoms with E-state index in [0.717, 1.165) is 12.8 Å². The minimum atomic E-state index is -0.514. The first kappa shape index (κ1) is 30.6. The largest absolute Gasteiger partial charge is 0.458 e. The summed E-state index contributed by atoms with van der Waals surface area (Å²) in [6, 6.07) is 15.3. The molecular formula is C33H48O4. The van der Waals surface area contributed by atoms with Crippen LogP contribution in [0.5, 0.6) is 0 Å². The second-order valence-corrected chi connectivity index (χ2v) is 12.5. The highest BCUT2D eigenvalue weighted by molar-refractivity contribution is 5.90. The molecule has 0 heterocycles. The lowest BCUT2D eigenvalue weighted by Crippen LogP contribution is -2.46. The summed E-state index contributed by atoms with van der Waals surface area (Å²) in [6.45, 7) is 21.1. The Morgan fingerprint density at radius 2 is 0.946 bits per heavy atom. The maximum absolute atomic E-state index is 13.2. The number of esters is 2. The Morgan fingerprint density at radius 1 is 0.622 bits per heavy atom. The van der Waals surface area contributed by atoms with E-state index in [-0.39, 0.29) is 35.0 Å². The zero-order chi connectivity index (χ0) is 28.0. The maximum Gasteiger partial charge on any atom is 0.338 e. The van der Waals surface area contributed by atoms with Crippen LogP contribution in [-0.4, -0.2) is 24.1 Å². The van der Waals surface area contributed by atoms with Gasteiger partial charge in [0.2, 0.25) is 0 Å². The van der Waals surface area contributed by atoms with Gasteiger partial charge in [0, 0.05) is 5.41 Å². The molecule has 4 nitrogen and oxygen atoms in total. The first-order valence-electron chi connectivity index (χ1n) is 13.8. The van der Waals surface area contributed by atoms with Crippen molar-refractivity contribution in [3.8, 4) is 0 Å². The van der Waals surface area contributed by atoms with Crippen molar-refractivity contribution in [3.05, 3.63) is 70.8 Å². The van der Waals surface area contributed by atoms with Crippen LogP contribution >= 0.6 is 0 Å². The van der Waals surface area contributed by atoms with Gasteiger partial charge >= 0.3 is 11.9 Å². The average Bonchev–Trinajstić information content (AvgIpc) is 2.84. The second-order valence-electron chi connectivity index (χ2n) is 12.5. The Kier molecular flexibility index (Phi) is 10.2. The van der Waals surface area contributed by atoms with Crippen molar-refractivity contribution >= 4 is 11.9 Å². The summed E-state index contributed by atoms with van der Waals surface area (Å²) in [7, 11) is 0. The topological polar surface area (TPSA) is 52.6 Å². The molecule has 2 unspecified atom stereocenters. The number of carbonyl (C=O) groups is 2. The predicted octanol–water partition coefficient (Wildman–Crippen LogP) is 8.66. The lowest BCUT2D eigenvalue weighted by atomic mass is 9.73. The Hall–Kier alpha value is -2.62. The van der Waals surface area contributed by atoms with Crippen molar-refractivity contribution in [2.75, 3.05) is 0 Å². The van der Waals surface area contributed by atoms with Crippen LogP contribution in [0.3, 0.4) is 0 Å². The minimum absolute atomic E-state index is 0.0133. The van der Waals surface area contributed by atoms with Crippen molar-refractivity contribution in [2.45, 2.75) is 118 Å². The van der Waals surface area contributed by atoms with Crippen LogP contribution in [0.1, 0.15) is 127 Å². The smallest absolute Gasteiger partial charge is 0.338 e. The number of rotatable bonds is 10. The van der Waals surface area contributed by atoms with Gasteiger partial charge in [-0.25, -0.2) is 9.59 Å². The fraction of sp³-hybridized carbons (Fsp3) is 0.576. The predicted molar refractivity (Wildman–Crippen MR) is 152 cm³/mol. The van der Waals surface area contributed by atoms with E-state index < -0.39 is 5.41 Å². The van der Waals surface area contributed by atoms with Gasteiger partial charge < -0.3 is 9.47 Å². The van der Waals surface area contributed by atoms with Gasteiger partial charge in [-0.15, -0.1) is 0 Å². The van der Waals surface area contributed by atoms with Crippen LogP contribution in [-0.2, 0) is 20.3 Å². The highest BCUT2D eigenvalue weighted by Crippen LogP contribution is 2.39. The van der Waals surface area contributed by atoms with Crippen molar-refractivity contribution in [1.29, 1.82) is 0 Å². The second kappa shape index (κ2) is 12.3. The monoisotopic (exact) mass is 508 g/mol. The molecule has 0 N–H and O–H groups in total. The fourth-order valence-corrected chi connectivity index (χ4v) is 5.04. The molecule has 0 bridgehead atoms. The van der Waals surface area contributed by atoms with E-state index in [4.69, 9.17) is 9.47 Å². The third-order valence-electron chi connectivity index (χ3n) is 7.47. The van der Waals surface area contributed by atoms with E-state index in [1.807, 2.05) is 62.4 Å². The Balaban J connectivity index is 2.25. The first-order valence-corrected chi connectivity index (χ1v) is 13.8. The number of benzene rings is 2. The van der Waals surface area contributed by atoms with Gasteiger partial charge in [0.05, 0.1) is 11.1 Å². The molecule has 0 saturated carbocycles. The molecule has 4 heteroatoms. The quantitative estimate of drug-likeness (QED) is 0.301. The summed E-state index contributed by atoms with van der Waals surface area (Å²) in [5.41, 5.74) is 2.92. The molecule has 37 heavy (non-hydrogen) atoms. The molecule has 0 aliphatic heterocycles. The summed E-state index contributed by atoms with van der Waals surface area (Å²) >= 11 is 0. The first-order chi connectivity index (χ1) is 17.2. The number of hydrogen-bond donors (Lipinski definition) is 0. The third kappa shape index (κ3) is 7.69. The van der Waals surface area contributed by atoms with Crippen LogP contribution in [0.25, 0.3) is 0 Å². The zero-order valence-corrected chi connectivity index (χ0v) is 24.7. The summed E-state index contributed by atoms with van der Waals surface area (Å²) in [5, 5.41) is 0. The van der Waals surface area contributed by atoms with E-state index in [0.29, 0.717) is 24.0 Å². The molecule has 2 aromatic carbocycles. The Labute approximate surface area is 225 Å². The van der Waals surface area contributed by atoms with Gasteiger partial charge in [-0.05, 0) is 65.5 Å². The molecule has 0 spiro atoms. The van der Waals surface area contributed by atoms with Crippen LogP contribution in [0.4, 0.5) is 0 Å². The SMILES string of the molecule is CCCC(C)(C(CC)OC(=O)c1ccc(C(C)(C)C)cc1)C(CC)OC(=O)c1ccc(C(C)(C)C)cc1. The molecule has 2 atom stereocenters. The van der Waals surface area contributed by atoms with Crippen molar-refractivity contribution in [1.82, 2.24) is 0 Å². The summed E-state index contributed by atoms with van der Waals surface area (Å²) in [6.07, 6.45) is 2.16. The minimum Gasteiger partial charge on any atom is -0.458 e. The fourth-order valence-electron chi connectivity index (χ4n) is 5.04. The third-order valence-corrected chi connectivity index (χ3v) is 7.47. The van der Waals surface area contributed by atoms with Crippen LogP contribution in [0.15, 0.2) is 48.5 Å². The average molecular weight is 509 g/mol. The molecule has 0 aromatic heterocycles. The van der Waals surface area contributed by atoms with Crippen LogP contribution in [0, 0.1) is 5.41 Å². The molecule has 0 amide bonds. The Bertz CT molecular complexity index is 940. The van der Waals surface area contributed by atoms with E-state index in [9.17, 15) is 9.59 Å². The molecule has 0 radical (unpaired) electrons. The standard InChI is InChI=1S/C33H48O4/c1-11-22-33(10,27(12-2)36-29(34)23-14-18-25(19-15-23)31(4,5)6)28(13-3)37-30(35)24-16-20-26(21-17-24)32(7,8)9/h14-21,27-28H,11-13,22H2,1-10H3. The number of hydrogen-bond acceptors (Lipinski definition) is 4. The number of carbonyl (C=O) groups excluding carboxylic acids is 2. The van der Waals surface area contributed by atoms with Crippen molar-refractivity contribution in [2.24, 2.45) is 5.41 Å². The van der Waals surface area contributed by atoms with Crippen LogP contribution < -0.4 is 0 Å². The highest BCUT2D eigenvalue weighted by atomic mass is 16.6. The molecule has 0 aliphatic carbocycles. The van der Waals surface area contributed by atoms with Gasteiger partial charge in [0.25, 0.3) is 0 Å². The highest BCUT2D eigenvalue weighted by Gasteiger charge is 2.44. The van der Waals surface area contributed by atoms with Gasteiger partial charge in [0.15, 0.2) is 0 Å².